The molecule has 1 aromatic carbocycles. The number of halogens is 1. The van der Waals surface area contributed by atoms with Crippen molar-refractivity contribution in [3.63, 3.8) is 0 Å². The molecule has 0 bridgehead atoms. The summed E-state index contributed by atoms with van der Waals surface area (Å²) in [4.78, 5) is 12.7. The first-order valence-electron chi connectivity index (χ1n) is 6.97. The number of hydrogen-bond donors (Lipinski definition) is 2. The molecule has 110 valence electrons. The molecule has 0 atom stereocenters. The zero-order chi connectivity index (χ0) is 14.8. The van der Waals surface area contributed by atoms with E-state index in [1.807, 2.05) is 0 Å². The maximum atomic E-state index is 13.0. The van der Waals surface area contributed by atoms with Gasteiger partial charge >= 0.3 is 0 Å². The Morgan fingerprint density at radius 2 is 1.95 bits per heavy atom. The number of amides is 1. The molecule has 6 heteroatoms. The van der Waals surface area contributed by atoms with E-state index in [4.69, 9.17) is 5.73 Å². The van der Waals surface area contributed by atoms with Crippen LogP contribution in [-0.4, -0.2) is 16.3 Å². The zero-order valence-corrected chi connectivity index (χ0v) is 12.3. The summed E-state index contributed by atoms with van der Waals surface area (Å²) in [6.07, 6.45) is 4.36. The lowest BCUT2D eigenvalue weighted by molar-refractivity contribution is 0.0943. The first kappa shape index (κ1) is 14.0. The van der Waals surface area contributed by atoms with Gasteiger partial charge in [0.1, 0.15) is 16.4 Å². The Morgan fingerprint density at radius 3 is 2.62 bits per heavy atom. The topological polar surface area (TPSA) is 68.0 Å². The van der Waals surface area contributed by atoms with E-state index in [-0.39, 0.29) is 17.8 Å². The number of anilines is 1. The second-order valence-electron chi connectivity index (χ2n) is 5.24. The molecule has 1 aliphatic rings. The Morgan fingerprint density at radius 1 is 1.29 bits per heavy atom. The number of nitrogen functional groups attached to an aromatic ring is 1. The number of aromatic nitrogens is 1. The van der Waals surface area contributed by atoms with Gasteiger partial charge in [0.25, 0.3) is 5.91 Å². The normalized spacial score (nSPS) is 15.3. The Balaban J connectivity index is 1.81. The predicted octanol–water partition coefficient (Wildman–Crippen LogP) is 3.20. The fraction of sp³-hybridized carbons (Fsp3) is 0.333. The minimum absolute atomic E-state index is 0.162. The number of hydrogen-bond acceptors (Lipinski definition) is 4. The monoisotopic (exact) mass is 305 g/mol. The van der Waals surface area contributed by atoms with Gasteiger partial charge in [-0.15, -0.1) is 0 Å². The molecule has 1 fully saturated rings. The number of benzene rings is 1. The lowest BCUT2D eigenvalue weighted by Gasteiger charge is -2.10. The van der Waals surface area contributed by atoms with Crippen LogP contribution in [0.25, 0.3) is 11.3 Å². The third-order valence-electron chi connectivity index (χ3n) is 3.74. The number of nitrogens with one attached hydrogen (secondary N) is 1. The van der Waals surface area contributed by atoms with Crippen molar-refractivity contribution in [3.05, 3.63) is 35.0 Å². The fourth-order valence-corrected chi connectivity index (χ4v) is 3.32. The number of nitrogens with two attached hydrogens (primary N) is 1. The average molecular weight is 305 g/mol. The third-order valence-corrected chi connectivity index (χ3v) is 4.60. The Hall–Kier alpha value is -1.95. The van der Waals surface area contributed by atoms with E-state index < -0.39 is 0 Å². The van der Waals surface area contributed by atoms with Crippen LogP contribution in [-0.2, 0) is 0 Å². The standard InChI is InChI=1S/C15H16FN3OS/c16-10-7-5-9(6-8-10)13-12(17)14(21-19-13)15(20)18-11-3-1-2-4-11/h5-8,11H,1-4,17H2,(H,18,20). The molecule has 3 rings (SSSR count). The highest BCUT2D eigenvalue weighted by Gasteiger charge is 2.22. The van der Waals surface area contributed by atoms with Crippen LogP contribution in [0.5, 0.6) is 0 Å². The van der Waals surface area contributed by atoms with Crippen LogP contribution in [0.4, 0.5) is 10.1 Å². The van der Waals surface area contributed by atoms with Crippen molar-refractivity contribution in [1.29, 1.82) is 0 Å². The molecule has 4 nitrogen and oxygen atoms in total. The highest BCUT2D eigenvalue weighted by molar-refractivity contribution is 7.09. The van der Waals surface area contributed by atoms with Gasteiger partial charge < -0.3 is 11.1 Å². The van der Waals surface area contributed by atoms with Crippen LogP contribution < -0.4 is 11.1 Å². The zero-order valence-electron chi connectivity index (χ0n) is 11.4. The van der Waals surface area contributed by atoms with Crippen molar-refractivity contribution in [3.8, 4) is 11.3 Å². The molecule has 3 N–H and O–H groups in total. The van der Waals surface area contributed by atoms with Crippen molar-refractivity contribution in [1.82, 2.24) is 9.69 Å². The summed E-state index contributed by atoms with van der Waals surface area (Å²) in [5, 5.41) is 3.00. The van der Waals surface area contributed by atoms with Crippen molar-refractivity contribution in [2.45, 2.75) is 31.7 Å². The molecular weight excluding hydrogens is 289 g/mol. The molecular formula is C15H16FN3OS. The molecule has 0 saturated heterocycles. The summed E-state index contributed by atoms with van der Waals surface area (Å²) in [5.41, 5.74) is 7.66. The van der Waals surface area contributed by atoms with Gasteiger partial charge in [0.15, 0.2) is 0 Å². The molecule has 0 radical (unpaired) electrons. The molecule has 0 unspecified atom stereocenters. The van der Waals surface area contributed by atoms with E-state index in [1.165, 1.54) is 12.1 Å². The largest absolute Gasteiger partial charge is 0.396 e. The molecule has 1 amide bonds. The van der Waals surface area contributed by atoms with Crippen LogP contribution in [0.2, 0.25) is 0 Å². The first-order chi connectivity index (χ1) is 10.1. The highest BCUT2D eigenvalue weighted by atomic mass is 32.1. The quantitative estimate of drug-likeness (QED) is 0.915. The van der Waals surface area contributed by atoms with E-state index >= 15 is 0 Å². The molecule has 1 aromatic heterocycles. The molecule has 21 heavy (non-hydrogen) atoms. The van der Waals surface area contributed by atoms with Crippen molar-refractivity contribution < 1.29 is 9.18 Å². The van der Waals surface area contributed by atoms with Gasteiger partial charge in [-0.1, -0.05) is 12.8 Å². The second kappa shape index (κ2) is 5.81. The van der Waals surface area contributed by atoms with E-state index in [9.17, 15) is 9.18 Å². The maximum absolute atomic E-state index is 13.0. The lowest BCUT2D eigenvalue weighted by Crippen LogP contribution is -2.32. The average Bonchev–Trinajstić information content (AvgIpc) is 3.09. The van der Waals surface area contributed by atoms with Gasteiger partial charge in [0, 0.05) is 11.6 Å². The van der Waals surface area contributed by atoms with E-state index in [0.29, 0.717) is 21.8 Å². The Labute approximate surface area is 126 Å². The SMILES string of the molecule is Nc1c(-c2ccc(F)cc2)nsc1C(=O)NC1CCCC1. The van der Waals surface area contributed by atoms with Crippen molar-refractivity contribution in [2.24, 2.45) is 0 Å². The number of carbonyl (C=O) groups excluding carboxylic acids is 1. The Kier molecular flexibility index (Phi) is 3.88. The second-order valence-corrected chi connectivity index (χ2v) is 6.01. The van der Waals surface area contributed by atoms with E-state index in [0.717, 1.165) is 37.2 Å². The van der Waals surface area contributed by atoms with Gasteiger partial charge in [-0.2, -0.15) is 4.37 Å². The molecule has 2 aromatic rings. The summed E-state index contributed by atoms with van der Waals surface area (Å²) < 4.78 is 17.2. The number of nitrogens with zero attached hydrogens (tertiary/aromatic N) is 1. The van der Waals surface area contributed by atoms with Crippen molar-refractivity contribution in [2.75, 3.05) is 5.73 Å². The predicted molar refractivity (Wildman–Crippen MR) is 81.6 cm³/mol. The summed E-state index contributed by atoms with van der Waals surface area (Å²) in [7, 11) is 0. The first-order valence-corrected chi connectivity index (χ1v) is 7.74. The summed E-state index contributed by atoms with van der Waals surface area (Å²) in [6.45, 7) is 0. The van der Waals surface area contributed by atoms with Crippen LogP contribution in [0.3, 0.4) is 0 Å². The van der Waals surface area contributed by atoms with Crippen molar-refractivity contribution >= 4 is 23.1 Å². The van der Waals surface area contributed by atoms with E-state index in [2.05, 4.69) is 9.69 Å². The summed E-state index contributed by atoms with van der Waals surface area (Å²) >= 11 is 1.09. The number of carbonyl (C=O) groups is 1. The highest BCUT2D eigenvalue weighted by Crippen LogP contribution is 2.31. The molecule has 1 heterocycles. The van der Waals surface area contributed by atoms with Gasteiger partial charge in [0.2, 0.25) is 0 Å². The maximum Gasteiger partial charge on any atom is 0.265 e. The van der Waals surface area contributed by atoms with Crippen LogP contribution in [0.15, 0.2) is 24.3 Å². The minimum Gasteiger partial charge on any atom is -0.396 e. The molecule has 0 spiro atoms. The van der Waals surface area contributed by atoms with E-state index in [1.54, 1.807) is 12.1 Å². The third kappa shape index (κ3) is 2.90. The molecule has 1 aliphatic carbocycles. The summed E-state index contributed by atoms with van der Waals surface area (Å²) in [6, 6.07) is 6.17. The summed E-state index contributed by atoms with van der Waals surface area (Å²) in [5.74, 6) is -0.475. The Bertz CT molecular complexity index is 647. The van der Waals surface area contributed by atoms with Gasteiger partial charge in [-0.25, -0.2) is 4.39 Å². The van der Waals surface area contributed by atoms with Crippen LogP contribution >= 0.6 is 11.5 Å². The lowest BCUT2D eigenvalue weighted by atomic mass is 10.1. The minimum atomic E-state index is -0.313. The molecule has 1 saturated carbocycles. The van der Waals surface area contributed by atoms with Gasteiger partial charge in [-0.3, -0.25) is 4.79 Å². The van der Waals surface area contributed by atoms with Crippen LogP contribution in [0.1, 0.15) is 35.4 Å². The fourth-order valence-electron chi connectivity index (χ4n) is 2.60. The molecule has 0 aliphatic heterocycles. The van der Waals surface area contributed by atoms with Crippen LogP contribution in [0, 0.1) is 5.82 Å². The van der Waals surface area contributed by atoms with Gasteiger partial charge in [-0.05, 0) is 48.6 Å². The number of rotatable bonds is 3. The van der Waals surface area contributed by atoms with Gasteiger partial charge in [0.05, 0.1) is 5.69 Å². The smallest absolute Gasteiger partial charge is 0.265 e.